The van der Waals surface area contributed by atoms with E-state index in [1.807, 2.05) is 56.6 Å². The number of nitrogens with one attached hydrogen (secondary N) is 2. The van der Waals surface area contributed by atoms with E-state index in [1.165, 1.54) is 11.3 Å². The third kappa shape index (κ3) is 4.55. The Hall–Kier alpha value is -4.41. The third-order valence-electron chi connectivity index (χ3n) is 6.23. The molecule has 9 nitrogen and oxygen atoms in total. The van der Waals surface area contributed by atoms with Gasteiger partial charge in [0.15, 0.2) is 5.78 Å². The normalized spacial score (nSPS) is 11.6. The van der Waals surface area contributed by atoms with Crippen molar-refractivity contribution in [2.24, 2.45) is 0 Å². The number of fused-ring (bicyclic) bond motifs is 2. The van der Waals surface area contributed by atoms with Crippen LogP contribution < -0.4 is 4.74 Å². The number of pyridine rings is 3. The summed E-state index contributed by atoms with van der Waals surface area (Å²) in [6.45, 7) is 2.98. The summed E-state index contributed by atoms with van der Waals surface area (Å²) < 4.78 is 5.86. The summed E-state index contributed by atoms with van der Waals surface area (Å²) >= 11 is 1.48. The van der Waals surface area contributed by atoms with Crippen LogP contribution in [0.25, 0.3) is 55.2 Å². The van der Waals surface area contributed by atoms with Gasteiger partial charge < -0.3 is 14.6 Å². The summed E-state index contributed by atoms with van der Waals surface area (Å²) in [5, 5.41) is 8.61. The Kier molecular flexibility index (Phi) is 6.18. The lowest BCUT2D eigenvalue weighted by atomic mass is 10.1. The van der Waals surface area contributed by atoms with Gasteiger partial charge in [0.1, 0.15) is 29.2 Å². The van der Waals surface area contributed by atoms with Crippen LogP contribution in [-0.2, 0) is 0 Å². The molecular formula is C28H25N7O2S. The molecule has 38 heavy (non-hydrogen) atoms. The van der Waals surface area contributed by atoms with Crippen molar-refractivity contribution in [3.63, 3.8) is 0 Å². The second-order valence-electron chi connectivity index (χ2n) is 9.25. The van der Waals surface area contributed by atoms with E-state index in [1.54, 1.807) is 25.5 Å². The van der Waals surface area contributed by atoms with E-state index in [9.17, 15) is 4.79 Å². The Labute approximate surface area is 222 Å². The molecule has 10 heteroatoms. The maximum Gasteiger partial charge on any atom is 0.169 e. The van der Waals surface area contributed by atoms with E-state index in [0.717, 1.165) is 60.9 Å². The highest BCUT2D eigenvalue weighted by Crippen LogP contribution is 2.36. The zero-order valence-electron chi connectivity index (χ0n) is 21.1. The summed E-state index contributed by atoms with van der Waals surface area (Å²) in [4.78, 5) is 32.8. The summed E-state index contributed by atoms with van der Waals surface area (Å²) in [5.74, 6) is 0.765. The van der Waals surface area contributed by atoms with Crippen molar-refractivity contribution in [2.45, 2.75) is 6.92 Å². The molecule has 0 bridgehead atoms. The summed E-state index contributed by atoms with van der Waals surface area (Å²) in [6.07, 6.45) is 5.26. The fourth-order valence-electron chi connectivity index (χ4n) is 4.27. The van der Waals surface area contributed by atoms with Crippen molar-refractivity contribution in [3.05, 3.63) is 65.9 Å². The number of hydrogen-bond donors (Lipinski definition) is 2. The third-order valence-corrected chi connectivity index (χ3v) is 7.45. The molecule has 0 fully saturated rings. The van der Waals surface area contributed by atoms with Gasteiger partial charge in [-0.3, -0.25) is 14.9 Å². The van der Waals surface area contributed by atoms with Gasteiger partial charge in [0.2, 0.25) is 0 Å². The zero-order valence-corrected chi connectivity index (χ0v) is 22.0. The molecule has 0 unspecified atom stereocenters. The van der Waals surface area contributed by atoms with Gasteiger partial charge >= 0.3 is 0 Å². The van der Waals surface area contributed by atoms with Gasteiger partial charge in [0, 0.05) is 40.3 Å². The van der Waals surface area contributed by atoms with Crippen molar-refractivity contribution in [3.8, 4) is 38.8 Å². The standard InChI is InChI=1S/C28H25N7O2S/c1-16(36)24-6-7-25(38-24)19-8-9-30-28-20(19)13-23(32-28)27-26-22(33-34-27)5-4-21(31-26)17-12-18(15-29-14-17)37-11-10-35(2)3/h4-9,12-15H,10-11H2,1-3H3,(H,30,32)(H,33,34). The molecule has 0 saturated carbocycles. The van der Waals surface area contributed by atoms with Crippen LogP contribution in [0.4, 0.5) is 0 Å². The Bertz CT molecular complexity index is 1780. The van der Waals surface area contributed by atoms with Gasteiger partial charge in [-0.05, 0) is 63.5 Å². The van der Waals surface area contributed by atoms with Crippen molar-refractivity contribution >= 4 is 39.2 Å². The number of hydrogen-bond acceptors (Lipinski definition) is 8. The van der Waals surface area contributed by atoms with Gasteiger partial charge in [-0.1, -0.05) is 0 Å². The first-order valence-electron chi connectivity index (χ1n) is 12.1. The number of carbonyl (C=O) groups excluding carboxylic acids is 1. The molecule has 0 aliphatic carbocycles. The summed E-state index contributed by atoms with van der Waals surface area (Å²) in [5.41, 5.74) is 6.47. The number of ketones is 1. The van der Waals surface area contributed by atoms with Crippen LogP contribution in [-0.4, -0.2) is 68.1 Å². The molecule has 0 atom stereocenters. The van der Waals surface area contributed by atoms with E-state index >= 15 is 0 Å². The van der Waals surface area contributed by atoms with Crippen LogP contribution in [0.1, 0.15) is 16.6 Å². The predicted molar refractivity (Wildman–Crippen MR) is 150 cm³/mol. The molecule has 2 N–H and O–H groups in total. The van der Waals surface area contributed by atoms with E-state index in [0.29, 0.717) is 18.1 Å². The molecule has 0 saturated heterocycles. The van der Waals surface area contributed by atoms with Crippen molar-refractivity contribution in [2.75, 3.05) is 27.2 Å². The Balaban J connectivity index is 1.37. The van der Waals surface area contributed by atoms with Gasteiger partial charge in [0.05, 0.1) is 28.0 Å². The smallest absolute Gasteiger partial charge is 0.169 e. The highest BCUT2D eigenvalue weighted by molar-refractivity contribution is 7.17. The van der Waals surface area contributed by atoms with Gasteiger partial charge in [-0.2, -0.15) is 5.10 Å². The average molecular weight is 524 g/mol. The molecule has 0 radical (unpaired) electrons. The Morgan fingerprint density at radius 2 is 2.00 bits per heavy atom. The van der Waals surface area contributed by atoms with E-state index in [-0.39, 0.29) is 5.78 Å². The molecule has 0 amide bonds. The number of thiophene rings is 1. The van der Waals surface area contributed by atoms with Gasteiger partial charge in [0.25, 0.3) is 0 Å². The minimum absolute atomic E-state index is 0.0621. The first kappa shape index (κ1) is 24.0. The van der Waals surface area contributed by atoms with Crippen molar-refractivity contribution < 1.29 is 9.53 Å². The number of likely N-dealkylation sites (N-methyl/N-ethyl adjacent to an activating group) is 1. The number of Topliss-reactive ketones (excluding diaryl/α,β-unsaturated/α-hetero) is 1. The molecule has 0 aromatic carbocycles. The Morgan fingerprint density at radius 1 is 1.11 bits per heavy atom. The summed E-state index contributed by atoms with van der Waals surface area (Å²) in [7, 11) is 4.02. The molecular weight excluding hydrogens is 498 g/mol. The molecule has 190 valence electrons. The van der Waals surface area contributed by atoms with Gasteiger partial charge in [-0.25, -0.2) is 9.97 Å². The van der Waals surface area contributed by atoms with Crippen molar-refractivity contribution in [1.82, 2.24) is 35.0 Å². The van der Waals surface area contributed by atoms with Crippen LogP contribution in [0.2, 0.25) is 0 Å². The van der Waals surface area contributed by atoms with Crippen LogP contribution in [0.3, 0.4) is 0 Å². The molecule has 0 aliphatic rings. The quantitative estimate of drug-likeness (QED) is 0.256. The molecule has 6 aromatic heterocycles. The maximum absolute atomic E-state index is 11.8. The largest absolute Gasteiger partial charge is 0.491 e. The first-order valence-corrected chi connectivity index (χ1v) is 13.0. The number of nitrogens with zero attached hydrogens (tertiary/aromatic N) is 5. The SMILES string of the molecule is CC(=O)c1ccc(-c2ccnc3[nH]c(-c4n[nH]c5ccc(-c6cncc(OCCN(C)C)c6)nc45)cc23)s1. The molecule has 6 rings (SSSR count). The number of aromatic amines is 2. The van der Waals surface area contributed by atoms with Crippen molar-refractivity contribution in [1.29, 1.82) is 0 Å². The molecule has 6 aromatic rings. The lowest BCUT2D eigenvalue weighted by Crippen LogP contribution is -2.19. The lowest BCUT2D eigenvalue weighted by molar-refractivity contribution is 0.102. The Morgan fingerprint density at radius 3 is 2.82 bits per heavy atom. The van der Waals surface area contributed by atoms with Crippen LogP contribution in [0.5, 0.6) is 5.75 Å². The number of ether oxygens (including phenoxy) is 1. The number of H-pyrrole nitrogens is 2. The molecule has 6 heterocycles. The summed E-state index contributed by atoms with van der Waals surface area (Å²) in [6, 6.07) is 13.7. The molecule has 0 spiro atoms. The maximum atomic E-state index is 11.8. The first-order chi connectivity index (χ1) is 18.5. The topological polar surface area (TPSA) is 113 Å². The number of aromatic nitrogens is 6. The van der Waals surface area contributed by atoms with Gasteiger partial charge in [-0.15, -0.1) is 11.3 Å². The van der Waals surface area contributed by atoms with Crippen LogP contribution >= 0.6 is 11.3 Å². The fraction of sp³-hybridized carbons (Fsp3) is 0.179. The van der Waals surface area contributed by atoms with E-state index in [4.69, 9.17) is 9.72 Å². The zero-order chi connectivity index (χ0) is 26.2. The average Bonchev–Trinajstić information content (AvgIpc) is 3.66. The minimum Gasteiger partial charge on any atom is -0.491 e. The monoisotopic (exact) mass is 523 g/mol. The predicted octanol–water partition coefficient (Wildman–Crippen LogP) is 5.43. The number of carbonyl (C=O) groups is 1. The van der Waals surface area contributed by atoms with E-state index in [2.05, 4.69) is 30.0 Å². The molecule has 0 aliphatic heterocycles. The highest BCUT2D eigenvalue weighted by atomic mass is 32.1. The second kappa shape index (κ2) is 9.81. The highest BCUT2D eigenvalue weighted by Gasteiger charge is 2.17. The fourth-order valence-corrected chi connectivity index (χ4v) is 5.21. The lowest BCUT2D eigenvalue weighted by Gasteiger charge is -2.11. The second-order valence-corrected chi connectivity index (χ2v) is 10.3. The van der Waals surface area contributed by atoms with Crippen LogP contribution in [0, 0.1) is 0 Å². The van der Waals surface area contributed by atoms with Crippen LogP contribution in [0.15, 0.2) is 61.1 Å². The van der Waals surface area contributed by atoms with E-state index < -0.39 is 0 Å². The number of rotatable bonds is 8. The minimum atomic E-state index is 0.0621.